The molecule has 0 saturated heterocycles. The van der Waals surface area contributed by atoms with E-state index in [0.717, 1.165) is 4.57 Å². The number of azo groups is 1. The summed E-state index contributed by atoms with van der Waals surface area (Å²) in [6.45, 7) is 5.03. The Morgan fingerprint density at radius 2 is 1.96 bits per heavy atom. The summed E-state index contributed by atoms with van der Waals surface area (Å²) >= 11 is 0. The Balaban J connectivity index is 2.67. The van der Waals surface area contributed by atoms with Crippen molar-refractivity contribution < 1.29 is 9.84 Å². The third-order valence-corrected chi connectivity index (χ3v) is 3.57. The summed E-state index contributed by atoms with van der Waals surface area (Å²) in [7, 11) is 1.51. The van der Waals surface area contributed by atoms with Gasteiger partial charge in [-0.3, -0.25) is 9.36 Å². The van der Waals surface area contributed by atoms with Crippen molar-refractivity contribution in [2.45, 2.75) is 26.8 Å². The minimum atomic E-state index is -0.502. The number of aromatic hydroxyl groups is 1. The molecule has 1 heterocycles. The second-order valence-corrected chi connectivity index (χ2v) is 5.42. The molecule has 2 rings (SSSR count). The molecule has 7 nitrogen and oxygen atoms in total. The van der Waals surface area contributed by atoms with E-state index in [2.05, 4.69) is 10.2 Å². The van der Waals surface area contributed by atoms with Gasteiger partial charge in [0.25, 0.3) is 5.56 Å². The van der Waals surface area contributed by atoms with Crippen molar-refractivity contribution in [1.29, 1.82) is 5.26 Å². The summed E-state index contributed by atoms with van der Waals surface area (Å²) in [5.74, 6) is 0.161. The highest BCUT2D eigenvalue weighted by Crippen LogP contribution is 2.31. The maximum atomic E-state index is 12.6. The van der Waals surface area contributed by atoms with Crippen molar-refractivity contribution in [3.63, 3.8) is 0 Å². The molecule has 2 aromatic rings. The van der Waals surface area contributed by atoms with Crippen LogP contribution in [0.1, 0.15) is 31.0 Å². The van der Waals surface area contributed by atoms with Crippen LogP contribution in [0.25, 0.3) is 0 Å². The van der Waals surface area contributed by atoms with Crippen LogP contribution in [0, 0.1) is 18.3 Å². The fraction of sp³-hybridized carbons (Fsp3) is 0.294. The lowest BCUT2D eigenvalue weighted by molar-refractivity contribution is 0.386. The summed E-state index contributed by atoms with van der Waals surface area (Å²) < 4.78 is 6.32. The maximum Gasteiger partial charge on any atom is 0.281 e. The average Bonchev–Trinajstić information content (AvgIpc) is 2.55. The van der Waals surface area contributed by atoms with E-state index in [1.807, 2.05) is 6.07 Å². The molecule has 0 radical (unpaired) electrons. The van der Waals surface area contributed by atoms with Crippen LogP contribution in [-0.4, -0.2) is 16.8 Å². The van der Waals surface area contributed by atoms with Crippen molar-refractivity contribution in [2.75, 3.05) is 7.11 Å². The minimum absolute atomic E-state index is 0.0114. The molecule has 1 N–H and O–H groups in total. The van der Waals surface area contributed by atoms with Crippen LogP contribution in [0.2, 0.25) is 0 Å². The summed E-state index contributed by atoms with van der Waals surface area (Å²) in [4.78, 5) is 12.6. The van der Waals surface area contributed by atoms with Crippen LogP contribution in [0.15, 0.2) is 39.3 Å². The second kappa shape index (κ2) is 6.96. The number of para-hydroxylation sites is 1. The first-order chi connectivity index (χ1) is 11.4. The summed E-state index contributed by atoms with van der Waals surface area (Å²) in [5, 5.41) is 27.5. The van der Waals surface area contributed by atoms with Gasteiger partial charge in [0, 0.05) is 11.6 Å². The fourth-order valence-corrected chi connectivity index (χ4v) is 2.32. The van der Waals surface area contributed by atoms with Gasteiger partial charge in [-0.1, -0.05) is 12.1 Å². The largest absolute Gasteiger partial charge is 0.494 e. The van der Waals surface area contributed by atoms with E-state index in [0.29, 0.717) is 11.4 Å². The number of methoxy groups -OCH3 is 1. The molecule has 0 atom stereocenters. The smallest absolute Gasteiger partial charge is 0.281 e. The molecule has 124 valence electrons. The number of ether oxygens (including phenoxy) is 1. The van der Waals surface area contributed by atoms with Gasteiger partial charge in [-0.2, -0.15) is 5.26 Å². The number of nitrogens with zero attached hydrogens (tertiary/aromatic N) is 4. The fourth-order valence-electron chi connectivity index (χ4n) is 2.32. The molecule has 0 aliphatic rings. The van der Waals surface area contributed by atoms with Gasteiger partial charge in [0.1, 0.15) is 23.1 Å². The zero-order valence-corrected chi connectivity index (χ0v) is 13.9. The molecular formula is C17H18N4O3. The van der Waals surface area contributed by atoms with Gasteiger partial charge in [-0.15, -0.1) is 10.2 Å². The molecule has 0 aliphatic heterocycles. The van der Waals surface area contributed by atoms with E-state index >= 15 is 0 Å². The maximum absolute atomic E-state index is 12.6. The zero-order valence-electron chi connectivity index (χ0n) is 13.9. The third-order valence-electron chi connectivity index (χ3n) is 3.57. The van der Waals surface area contributed by atoms with Gasteiger partial charge >= 0.3 is 0 Å². The van der Waals surface area contributed by atoms with Crippen molar-refractivity contribution in [3.05, 3.63) is 45.7 Å². The summed E-state index contributed by atoms with van der Waals surface area (Å²) in [6.07, 6.45) is 0. The molecule has 0 spiro atoms. The standard InChI is InChI=1S/C17H18N4O3/c1-10(2)21-16(22)12(9-18)11(3)15(17(21)23)20-19-13-7-5-6-8-14(13)24-4/h5-8,10,22H,1-4H3. The Morgan fingerprint density at radius 3 is 2.54 bits per heavy atom. The van der Waals surface area contributed by atoms with Crippen LogP contribution in [-0.2, 0) is 0 Å². The highest BCUT2D eigenvalue weighted by molar-refractivity contribution is 5.57. The first kappa shape index (κ1) is 17.2. The predicted molar refractivity (Wildman–Crippen MR) is 89.4 cm³/mol. The number of hydrogen-bond donors (Lipinski definition) is 1. The SMILES string of the molecule is COc1ccccc1N=Nc1c(C)c(C#N)c(O)n(C(C)C)c1=O. The lowest BCUT2D eigenvalue weighted by Crippen LogP contribution is -2.23. The van der Waals surface area contributed by atoms with E-state index in [1.165, 1.54) is 7.11 Å². The highest BCUT2D eigenvalue weighted by atomic mass is 16.5. The topological polar surface area (TPSA) is 100.0 Å². The van der Waals surface area contributed by atoms with Gasteiger partial charge in [-0.05, 0) is 32.9 Å². The molecule has 0 bridgehead atoms. The van der Waals surface area contributed by atoms with Gasteiger partial charge < -0.3 is 9.84 Å². The van der Waals surface area contributed by atoms with Gasteiger partial charge in [0.05, 0.1) is 7.11 Å². The van der Waals surface area contributed by atoms with Crippen LogP contribution in [0.3, 0.4) is 0 Å². The molecule has 0 fully saturated rings. The van der Waals surface area contributed by atoms with Crippen molar-refractivity contribution >= 4 is 11.4 Å². The minimum Gasteiger partial charge on any atom is -0.494 e. The number of rotatable bonds is 4. The molecule has 1 aromatic carbocycles. The quantitative estimate of drug-likeness (QED) is 0.865. The van der Waals surface area contributed by atoms with E-state index in [1.54, 1.807) is 45.0 Å². The van der Waals surface area contributed by atoms with Crippen molar-refractivity contribution in [2.24, 2.45) is 10.2 Å². The van der Waals surface area contributed by atoms with E-state index in [4.69, 9.17) is 4.74 Å². The molecule has 1 aromatic heterocycles. The lowest BCUT2D eigenvalue weighted by atomic mass is 10.1. The molecule has 24 heavy (non-hydrogen) atoms. The highest BCUT2D eigenvalue weighted by Gasteiger charge is 2.20. The van der Waals surface area contributed by atoms with Gasteiger partial charge in [0.2, 0.25) is 5.88 Å². The molecule has 0 amide bonds. The summed E-state index contributed by atoms with van der Waals surface area (Å²) in [5.41, 5.74) is 0.274. The molecular weight excluding hydrogens is 308 g/mol. The van der Waals surface area contributed by atoms with Gasteiger partial charge in [0.15, 0.2) is 5.69 Å². The van der Waals surface area contributed by atoms with Crippen LogP contribution >= 0.6 is 0 Å². The van der Waals surface area contributed by atoms with E-state index in [-0.39, 0.29) is 28.7 Å². The monoisotopic (exact) mass is 326 g/mol. The number of hydrogen-bond acceptors (Lipinski definition) is 6. The number of nitriles is 1. The zero-order chi connectivity index (χ0) is 17.9. The Morgan fingerprint density at radius 1 is 1.29 bits per heavy atom. The van der Waals surface area contributed by atoms with Crippen LogP contribution < -0.4 is 10.3 Å². The first-order valence-corrected chi connectivity index (χ1v) is 7.35. The Labute approximate surface area is 139 Å². The van der Waals surface area contributed by atoms with Crippen molar-refractivity contribution in [1.82, 2.24) is 4.57 Å². The number of aromatic nitrogens is 1. The van der Waals surface area contributed by atoms with Crippen molar-refractivity contribution in [3.8, 4) is 17.7 Å². The lowest BCUT2D eigenvalue weighted by Gasteiger charge is -2.15. The Hall–Kier alpha value is -3.14. The van der Waals surface area contributed by atoms with E-state index in [9.17, 15) is 15.2 Å². The first-order valence-electron chi connectivity index (χ1n) is 7.35. The second-order valence-electron chi connectivity index (χ2n) is 5.42. The predicted octanol–water partition coefficient (Wildman–Crippen LogP) is 3.74. The van der Waals surface area contributed by atoms with Gasteiger partial charge in [-0.25, -0.2) is 0 Å². The normalized spacial score (nSPS) is 11.0. The number of pyridine rings is 1. The molecule has 7 heteroatoms. The molecule has 0 unspecified atom stereocenters. The average molecular weight is 326 g/mol. The van der Waals surface area contributed by atoms with E-state index < -0.39 is 5.56 Å². The third kappa shape index (κ3) is 2.99. The van der Waals surface area contributed by atoms with Crippen LogP contribution in [0.5, 0.6) is 11.6 Å². The summed E-state index contributed by atoms with van der Waals surface area (Å²) in [6, 6.07) is 8.58. The van der Waals surface area contributed by atoms with Crippen LogP contribution in [0.4, 0.5) is 11.4 Å². The number of benzene rings is 1. The Kier molecular flexibility index (Phi) is 4.99. The Bertz CT molecular complexity index is 892. The molecule has 0 saturated carbocycles. The molecule has 0 aliphatic carbocycles.